The van der Waals surface area contributed by atoms with Gasteiger partial charge in [-0.25, -0.2) is 8.42 Å². The second-order valence-electron chi connectivity index (χ2n) is 3.89. The van der Waals surface area contributed by atoms with Gasteiger partial charge in [0.15, 0.2) is 0 Å². The fraction of sp³-hybridized carbons (Fsp3) is 0.455. The first-order chi connectivity index (χ1) is 7.64. The van der Waals surface area contributed by atoms with Gasteiger partial charge in [0, 0.05) is 25.8 Å². The first-order valence-corrected chi connectivity index (χ1v) is 6.86. The van der Waals surface area contributed by atoms with Crippen LogP contribution in [0, 0.1) is 0 Å². The monoisotopic (exact) mass is 240 g/mol. The summed E-state index contributed by atoms with van der Waals surface area (Å²) in [5.41, 5.74) is 0.820. The van der Waals surface area contributed by atoms with Crippen molar-refractivity contribution in [3.8, 4) is 0 Å². The SMILES string of the molecule is CNc1cccc(S(=O)(=O)N2CCCC2)c1. The van der Waals surface area contributed by atoms with Crippen LogP contribution in [-0.4, -0.2) is 32.9 Å². The molecule has 1 aromatic carbocycles. The van der Waals surface area contributed by atoms with Gasteiger partial charge in [0.05, 0.1) is 4.90 Å². The Labute approximate surface area is 96.3 Å². The zero-order valence-electron chi connectivity index (χ0n) is 9.31. The summed E-state index contributed by atoms with van der Waals surface area (Å²) in [6, 6.07) is 6.93. The van der Waals surface area contributed by atoms with Crippen LogP contribution >= 0.6 is 0 Å². The number of benzene rings is 1. The van der Waals surface area contributed by atoms with Crippen molar-refractivity contribution < 1.29 is 8.42 Å². The van der Waals surface area contributed by atoms with Crippen LogP contribution in [0.3, 0.4) is 0 Å². The molecule has 0 radical (unpaired) electrons. The lowest BCUT2D eigenvalue weighted by atomic mass is 10.3. The smallest absolute Gasteiger partial charge is 0.243 e. The lowest BCUT2D eigenvalue weighted by molar-refractivity contribution is 0.477. The third-order valence-electron chi connectivity index (χ3n) is 2.83. The average Bonchev–Trinajstić information content (AvgIpc) is 2.83. The van der Waals surface area contributed by atoms with E-state index in [2.05, 4.69) is 5.32 Å². The Morgan fingerprint density at radius 2 is 1.94 bits per heavy atom. The van der Waals surface area contributed by atoms with Crippen LogP contribution in [0.15, 0.2) is 29.2 Å². The molecule has 1 saturated heterocycles. The number of nitrogens with zero attached hydrogens (tertiary/aromatic N) is 1. The summed E-state index contributed by atoms with van der Waals surface area (Å²) in [5.74, 6) is 0. The predicted octanol–water partition coefficient (Wildman–Crippen LogP) is 1.51. The fourth-order valence-corrected chi connectivity index (χ4v) is 3.45. The Morgan fingerprint density at radius 1 is 1.25 bits per heavy atom. The van der Waals surface area contributed by atoms with Crippen LogP contribution in [0.5, 0.6) is 0 Å². The summed E-state index contributed by atoms with van der Waals surface area (Å²) in [7, 11) is -1.50. The van der Waals surface area contributed by atoms with Crippen LogP contribution in [0.1, 0.15) is 12.8 Å². The Hall–Kier alpha value is -1.07. The second kappa shape index (κ2) is 4.43. The van der Waals surface area contributed by atoms with Crippen molar-refractivity contribution in [1.29, 1.82) is 0 Å². The van der Waals surface area contributed by atoms with Crippen LogP contribution < -0.4 is 5.32 Å². The lowest BCUT2D eigenvalue weighted by Gasteiger charge is -2.15. The Balaban J connectivity index is 2.34. The zero-order chi connectivity index (χ0) is 11.6. The van der Waals surface area contributed by atoms with Crippen molar-refractivity contribution in [3.63, 3.8) is 0 Å². The van der Waals surface area contributed by atoms with E-state index in [1.165, 1.54) is 0 Å². The minimum absolute atomic E-state index is 0.376. The molecule has 1 N–H and O–H groups in total. The lowest BCUT2D eigenvalue weighted by Crippen LogP contribution is -2.27. The largest absolute Gasteiger partial charge is 0.388 e. The second-order valence-corrected chi connectivity index (χ2v) is 5.83. The van der Waals surface area contributed by atoms with E-state index in [0.717, 1.165) is 18.5 Å². The number of sulfonamides is 1. The van der Waals surface area contributed by atoms with Gasteiger partial charge in [-0.2, -0.15) is 4.31 Å². The average molecular weight is 240 g/mol. The predicted molar refractivity (Wildman–Crippen MR) is 64.0 cm³/mol. The topological polar surface area (TPSA) is 49.4 Å². The Kier molecular flexibility index (Phi) is 3.16. The highest BCUT2D eigenvalue weighted by Gasteiger charge is 2.26. The van der Waals surface area contributed by atoms with E-state index in [1.54, 1.807) is 29.6 Å². The molecule has 0 aliphatic carbocycles. The van der Waals surface area contributed by atoms with Gasteiger partial charge in [-0.05, 0) is 31.0 Å². The first kappa shape index (κ1) is 11.4. The van der Waals surface area contributed by atoms with Crippen molar-refractivity contribution >= 4 is 15.7 Å². The maximum atomic E-state index is 12.2. The number of hydrogen-bond donors (Lipinski definition) is 1. The molecule has 88 valence electrons. The Morgan fingerprint density at radius 3 is 2.56 bits per heavy atom. The Bertz CT molecular complexity index is 465. The maximum absolute atomic E-state index is 12.2. The molecule has 16 heavy (non-hydrogen) atoms. The van der Waals surface area contributed by atoms with Gasteiger partial charge in [-0.15, -0.1) is 0 Å². The molecule has 0 spiro atoms. The molecule has 1 aromatic rings. The van der Waals surface area contributed by atoms with E-state index >= 15 is 0 Å². The molecule has 0 saturated carbocycles. The highest BCUT2D eigenvalue weighted by atomic mass is 32.2. The molecule has 4 nitrogen and oxygen atoms in total. The number of anilines is 1. The van der Waals surface area contributed by atoms with Crippen molar-refractivity contribution in [2.45, 2.75) is 17.7 Å². The quantitative estimate of drug-likeness (QED) is 0.871. The molecule has 0 unspecified atom stereocenters. The molecule has 2 rings (SSSR count). The van der Waals surface area contributed by atoms with Gasteiger partial charge in [0.25, 0.3) is 0 Å². The van der Waals surface area contributed by atoms with Gasteiger partial charge < -0.3 is 5.32 Å². The van der Waals surface area contributed by atoms with Crippen molar-refractivity contribution in [2.24, 2.45) is 0 Å². The van der Waals surface area contributed by atoms with Crippen LogP contribution in [0.4, 0.5) is 5.69 Å². The van der Waals surface area contributed by atoms with Gasteiger partial charge >= 0.3 is 0 Å². The molecule has 0 bridgehead atoms. The molecule has 1 fully saturated rings. The third-order valence-corrected chi connectivity index (χ3v) is 4.72. The normalized spacial score (nSPS) is 17.6. The van der Waals surface area contributed by atoms with Crippen LogP contribution in [0.2, 0.25) is 0 Å². The summed E-state index contributed by atoms with van der Waals surface area (Å²) in [5, 5.41) is 2.95. The summed E-state index contributed by atoms with van der Waals surface area (Å²) in [4.78, 5) is 0.376. The van der Waals surface area contributed by atoms with Crippen molar-refractivity contribution in [2.75, 3.05) is 25.5 Å². The van der Waals surface area contributed by atoms with E-state index in [9.17, 15) is 8.42 Å². The van der Waals surface area contributed by atoms with Crippen LogP contribution in [0.25, 0.3) is 0 Å². The molecule has 1 heterocycles. The van der Waals surface area contributed by atoms with E-state index < -0.39 is 10.0 Å². The number of rotatable bonds is 3. The van der Waals surface area contributed by atoms with Gasteiger partial charge in [-0.1, -0.05) is 6.07 Å². The minimum Gasteiger partial charge on any atom is -0.388 e. The van der Waals surface area contributed by atoms with Crippen LogP contribution in [-0.2, 0) is 10.0 Å². The zero-order valence-corrected chi connectivity index (χ0v) is 10.1. The molecular weight excluding hydrogens is 224 g/mol. The molecular formula is C11H16N2O2S. The van der Waals surface area contributed by atoms with E-state index in [-0.39, 0.29) is 0 Å². The molecule has 0 amide bonds. The molecule has 0 atom stereocenters. The number of nitrogens with one attached hydrogen (secondary N) is 1. The third kappa shape index (κ3) is 2.05. The summed E-state index contributed by atoms with van der Waals surface area (Å²) in [6.45, 7) is 1.29. The first-order valence-electron chi connectivity index (χ1n) is 5.42. The summed E-state index contributed by atoms with van der Waals surface area (Å²) in [6.07, 6.45) is 1.93. The fourth-order valence-electron chi connectivity index (χ4n) is 1.89. The van der Waals surface area contributed by atoms with Gasteiger partial charge in [0.2, 0.25) is 10.0 Å². The molecule has 0 aromatic heterocycles. The molecule has 5 heteroatoms. The van der Waals surface area contributed by atoms with Crippen molar-refractivity contribution in [3.05, 3.63) is 24.3 Å². The van der Waals surface area contributed by atoms with E-state index in [1.807, 2.05) is 6.07 Å². The van der Waals surface area contributed by atoms with Gasteiger partial charge in [-0.3, -0.25) is 0 Å². The van der Waals surface area contributed by atoms with Gasteiger partial charge in [0.1, 0.15) is 0 Å². The molecule has 1 aliphatic rings. The maximum Gasteiger partial charge on any atom is 0.243 e. The molecule has 1 aliphatic heterocycles. The number of hydrogen-bond acceptors (Lipinski definition) is 3. The summed E-state index contributed by atoms with van der Waals surface area (Å²) < 4.78 is 26.0. The van der Waals surface area contributed by atoms with E-state index in [0.29, 0.717) is 18.0 Å². The van der Waals surface area contributed by atoms with E-state index in [4.69, 9.17) is 0 Å². The highest BCUT2D eigenvalue weighted by molar-refractivity contribution is 7.89. The highest BCUT2D eigenvalue weighted by Crippen LogP contribution is 2.22. The minimum atomic E-state index is -3.28. The van der Waals surface area contributed by atoms with Crippen molar-refractivity contribution in [1.82, 2.24) is 4.31 Å². The standard InChI is InChI=1S/C11H16N2O2S/c1-12-10-5-4-6-11(9-10)16(14,15)13-7-2-3-8-13/h4-6,9,12H,2-3,7-8H2,1H3. The summed E-state index contributed by atoms with van der Waals surface area (Å²) >= 11 is 0.